The summed E-state index contributed by atoms with van der Waals surface area (Å²) in [6.07, 6.45) is 9.24. The number of nitrogens with zero attached hydrogens (tertiary/aromatic N) is 1. The van der Waals surface area contributed by atoms with Gasteiger partial charge in [0.05, 0.1) is 24.0 Å². The normalized spacial score (nSPS) is 39.2. The summed E-state index contributed by atoms with van der Waals surface area (Å²) in [4.78, 5) is 54.7. The summed E-state index contributed by atoms with van der Waals surface area (Å²) in [5.41, 5.74) is 0.122. The van der Waals surface area contributed by atoms with Crippen LogP contribution in [0.15, 0.2) is 11.1 Å². The van der Waals surface area contributed by atoms with Crippen LogP contribution in [0.3, 0.4) is 0 Å². The van der Waals surface area contributed by atoms with E-state index in [1.165, 1.54) is 5.57 Å². The van der Waals surface area contributed by atoms with Gasteiger partial charge in [-0.3, -0.25) is 14.4 Å². The lowest BCUT2D eigenvalue weighted by molar-refractivity contribution is -0.232. The Morgan fingerprint density at radius 2 is 1.58 bits per heavy atom. The van der Waals surface area contributed by atoms with Gasteiger partial charge in [-0.2, -0.15) is 0 Å². The number of piperidine rings is 1. The van der Waals surface area contributed by atoms with E-state index < -0.39 is 22.9 Å². The van der Waals surface area contributed by atoms with E-state index in [1.54, 1.807) is 13.8 Å². The molecule has 6 rings (SSSR count). The lowest BCUT2D eigenvalue weighted by atomic mass is 9.33. The highest BCUT2D eigenvalue weighted by molar-refractivity contribution is 6.02. The number of carbonyl (C=O) groups is 4. The number of ether oxygens (including phenoxy) is 2. The maximum Gasteiger partial charge on any atom is 0.407 e. The molecule has 9 heteroatoms. The number of amides is 1. The van der Waals surface area contributed by atoms with E-state index in [0.29, 0.717) is 30.8 Å². The number of carbonyl (C=O) groups excluding carboxylic acids is 3. The van der Waals surface area contributed by atoms with Crippen LogP contribution >= 0.6 is 0 Å². The minimum absolute atomic E-state index is 0.0355. The second kappa shape index (κ2) is 13.4. The van der Waals surface area contributed by atoms with Gasteiger partial charge in [-0.1, -0.05) is 48.5 Å². The standard InChI is InChI=1S/C43H68N2O7/c1-26(2)34-29(46)23-43(44-37(50)51-25-27-15-21-45(10)22-16-27)20-19-41(8)28(35(34)43)11-12-31-40(7)17-14-32(52-33(47)24-38(3,4)36(48)49)39(5,6)30(40)13-18-42(31,41)9/h26-28,30-32H,11-25H2,1-10H3,(H,44,50)(H,48,49)/t28?,30?,31?,32-,40-,41+,42+,43+/m0/s1. The molecule has 0 radical (unpaired) electrons. The van der Waals surface area contributed by atoms with E-state index in [9.17, 15) is 24.3 Å². The van der Waals surface area contributed by atoms with Crippen LogP contribution in [0.25, 0.3) is 0 Å². The Morgan fingerprint density at radius 1 is 0.904 bits per heavy atom. The van der Waals surface area contributed by atoms with E-state index in [2.05, 4.69) is 65.7 Å². The Labute approximate surface area is 312 Å². The van der Waals surface area contributed by atoms with Crippen molar-refractivity contribution in [3.63, 3.8) is 0 Å². The van der Waals surface area contributed by atoms with E-state index in [1.807, 2.05) is 0 Å². The third-order valence-electron chi connectivity index (χ3n) is 16.4. The maximum absolute atomic E-state index is 14.0. The summed E-state index contributed by atoms with van der Waals surface area (Å²) >= 11 is 0. The van der Waals surface area contributed by atoms with Crippen molar-refractivity contribution >= 4 is 23.8 Å². The van der Waals surface area contributed by atoms with Crippen molar-refractivity contribution in [3.05, 3.63) is 11.1 Å². The Morgan fingerprint density at radius 3 is 2.21 bits per heavy atom. The monoisotopic (exact) mass is 725 g/mol. The smallest absolute Gasteiger partial charge is 0.407 e. The first kappa shape index (κ1) is 39.3. The molecule has 1 saturated heterocycles. The van der Waals surface area contributed by atoms with Crippen molar-refractivity contribution in [1.82, 2.24) is 10.2 Å². The van der Waals surface area contributed by atoms with Crippen molar-refractivity contribution < 1.29 is 33.8 Å². The van der Waals surface area contributed by atoms with Gasteiger partial charge in [0.1, 0.15) is 6.10 Å². The molecule has 1 aliphatic heterocycles. The first-order valence-electron chi connectivity index (χ1n) is 20.5. The molecule has 4 saturated carbocycles. The van der Waals surface area contributed by atoms with Gasteiger partial charge in [0, 0.05) is 11.8 Å². The summed E-state index contributed by atoms with van der Waals surface area (Å²) in [7, 11) is 2.14. The number of hydrogen-bond acceptors (Lipinski definition) is 7. The molecule has 292 valence electrons. The number of allylic oxidation sites excluding steroid dienone is 1. The summed E-state index contributed by atoms with van der Waals surface area (Å²) in [5, 5.41) is 13.0. The van der Waals surface area contributed by atoms with Crippen molar-refractivity contribution in [3.8, 4) is 0 Å². The second-order valence-electron chi connectivity index (χ2n) is 20.5. The molecule has 52 heavy (non-hydrogen) atoms. The summed E-state index contributed by atoms with van der Waals surface area (Å²) in [5.74, 6) is 0.283. The second-order valence-corrected chi connectivity index (χ2v) is 20.5. The molecular weight excluding hydrogens is 656 g/mol. The minimum atomic E-state index is -1.17. The zero-order valence-corrected chi connectivity index (χ0v) is 33.9. The number of carboxylic acids is 1. The molecule has 0 spiro atoms. The zero-order valence-electron chi connectivity index (χ0n) is 33.9. The third-order valence-corrected chi connectivity index (χ3v) is 16.4. The number of Topliss-reactive ketones (excluding diaryl/α,β-unsaturated/α-hetero) is 1. The van der Waals surface area contributed by atoms with Crippen molar-refractivity contribution in [2.75, 3.05) is 26.7 Å². The highest BCUT2D eigenvalue weighted by Gasteiger charge is 2.70. The highest BCUT2D eigenvalue weighted by Crippen LogP contribution is 2.76. The van der Waals surface area contributed by atoms with Crippen LogP contribution in [0, 0.1) is 56.7 Å². The number of rotatable bonds is 8. The molecule has 9 nitrogen and oxygen atoms in total. The Balaban J connectivity index is 1.24. The van der Waals surface area contributed by atoms with E-state index in [4.69, 9.17) is 9.47 Å². The number of ketones is 1. The predicted octanol–water partition coefficient (Wildman–Crippen LogP) is 8.20. The van der Waals surface area contributed by atoms with Crippen LogP contribution in [0.4, 0.5) is 4.79 Å². The maximum atomic E-state index is 14.0. The molecule has 6 aliphatic rings. The number of aliphatic carboxylic acids is 1. The van der Waals surface area contributed by atoms with Gasteiger partial charge in [0.2, 0.25) is 0 Å². The molecule has 0 aromatic carbocycles. The van der Waals surface area contributed by atoms with Gasteiger partial charge in [-0.15, -0.1) is 0 Å². The van der Waals surface area contributed by atoms with Crippen LogP contribution < -0.4 is 5.32 Å². The van der Waals surface area contributed by atoms with Gasteiger partial charge in [-0.05, 0) is 155 Å². The third kappa shape index (κ3) is 6.24. The molecule has 1 amide bonds. The number of likely N-dealkylation sites (tertiary alicyclic amines) is 1. The Hall–Kier alpha value is -2.42. The van der Waals surface area contributed by atoms with Crippen molar-refractivity contribution in [2.45, 2.75) is 151 Å². The largest absolute Gasteiger partial charge is 0.481 e. The van der Waals surface area contributed by atoms with Crippen LogP contribution in [-0.4, -0.2) is 72.2 Å². The van der Waals surface area contributed by atoms with E-state index in [0.717, 1.165) is 82.9 Å². The molecular formula is C43H68N2O7. The van der Waals surface area contributed by atoms with Gasteiger partial charge < -0.3 is 24.8 Å². The minimum Gasteiger partial charge on any atom is -0.481 e. The van der Waals surface area contributed by atoms with E-state index in [-0.39, 0.29) is 57.9 Å². The quantitative estimate of drug-likeness (QED) is 0.240. The van der Waals surface area contributed by atoms with Gasteiger partial charge >= 0.3 is 18.0 Å². The predicted molar refractivity (Wildman–Crippen MR) is 200 cm³/mol. The molecule has 8 atom stereocenters. The molecule has 5 fully saturated rings. The number of nitrogens with one attached hydrogen (secondary N) is 1. The fraction of sp³-hybridized carbons (Fsp3) is 0.860. The number of alkyl carbamates (subject to hydrolysis) is 1. The zero-order chi connectivity index (χ0) is 38.2. The van der Waals surface area contributed by atoms with Crippen molar-refractivity contribution in [1.29, 1.82) is 0 Å². The molecule has 0 bridgehead atoms. The Kier molecular flexibility index (Phi) is 10.1. The number of carboxylic acid groups (broad SMARTS) is 1. The fourth-order valence-electron chi connectivity index (χ4n) is 13.2. The number of fused-ring (bicyclic) bond motifs is 7. The van der Waals surface area contributed by atoms with Crippen LogP contribution in [-0.2, 0) is 23.9 Å². The van der Waals surface area contributed by atoms with Gasteiger partial charge in [0.25, 0.3) is 0 Å². The van der Waals surface area contributed by atoms with E-state index >= 15 is 0 Å². The lowest BCUT2D eigenvalue weighted by Gasteiger charge is -2.72. The van der Waals surface area contributed by atoms with Crippen LogP contribution in [0.2, 0.25) is 0 Å². The van der Waals surface area contributed by atoms with Crippen LogP contribution in [0.5, 0.6) is 0 Å². The van der Waals surface area contributed by atoms with Gasteiger partial charge in [-0.25, -0.2) is 4.79 Å². The lowest BCUT2D eigenvalue weighted by Crippen LogP contribution is -2.67. The topological polar surface area (TPSA) is 122 Å². The molecule has 3 unspecified atom stereocenters. The average molecular weight is 725 g/mol. The Bertz CT molecular complexity index is 1490. The molecule has 2 N–H and O–H groups in total. The average Bonchev–Trinajstić information content (AvgIpc) is 3.34. The molecule has 5 aliphatic carbocycles. The number of hydrogen-bond donors (Lipinski definition) is 2. The van der Waals surface area contributed by atoms with Crippen LogP contribution in [0.1, 0.15) is 139 Å². The number of esters is 1. The van der Waals surface area contributed by atoms with Gasteiger partial charge in [0.15, 0.2) is 5.78 Å². The summed E-state index contributed by atoms with van der Waals surface area (Å²) < 4.78 is 12.1. The summed E-state index contributed by atoms with van der Waals surface area (Å²) in [6.45, 7) is 22.0. The van der Waals surface area contributed by atoms with Crippen molar-refractivity contribution in [2.24, 2.45) is 56.7 Å². The first-order chi connectivity index (χ1) is 24.1. The SMILES string of the molecule is CC(C)C1=C2C3CCC4[C@@]5(C)CC[C@H](OC(=O)CC(C)(C)C(=O)O)C(C)(C)C5CC[C@@]4(C)[C@]3(C)CC[C@@]2(NC(=O)OCC2CCN(C)CC2)CC1=O. The first-order valence-corrected chi connectivity index (χ1v) is 20.5. The summed E-state index contributed by atoms with van der Waals surface area (Å²) in [6, 6.07) is 0. The molecule has 0 aromatic heterocycles. The molecule has 1 heterocycles. The highest BCUT2D eigenvalue weighted by atomic mass is 16.6. The fourth-order valence-corrected chi connectivity index (χ4v) is 13.2. The molecule has 0 aromatic rings.